The largest absolute Gasteiger partial charge is 0.478 e. The van der Waals surface area contributed by atoms with Crippen LogP contribution in [0.25, 0.3) is 0 Å². The molecule has 0 amide bonds. The summed E-state index contributed by atoms with van der Waals surface area (Å²) < 4.78 is 0. The van der Waals surface area contributed by atoms with E-state index in [1.165, 1.54) is 6.07 Å². The Hall–Kier alpha value is -1.57. The van der Waals surface area contributed by atoms with Gasteiger partial charge < -0.3 is 10.2 Å². The van der Waals surface area contributed by atoms with Crippen LogP contribution in [0, 0.1) is 11.8 Å². The van der Waals surface area contributed by atoms with Crippen LogP contribution in [0.5, 0.6) is 0 Å². The molecule has 0 spiro atoms. The van der Waals surface area contributed by atoms with Gasteiger partial charge in [0.2, 0.25) is 0 Å². The Balaban J connectivity index is 3.14. The minimum absolute atomic E-state index is 0.0108. The molecule has 0 aromatic carbocycles. The molecular formula is C9H6ClNO3. The molecule has 0 saturated heterocycles. The highest BCUT2D eigenvalue weighted by atomic mass is 35.5. The molecule has 0 bridgehead atoms. The number of aromatic carboxylic acids is 1. The van der Waals surface area contributed by atoms with Gasteiger partial charge in [0.05, 0.1) is 11.1 Å². The van der Waals surface area contributed by atoms with Gasteiger partial charge in [-0.25, -0.2) is 9.78 Å². The second-order valence-corrected chi connectivity index (χ2v) is 2.69. The van der Waals surface area contributed by atoms with Crippen molar-refractivity contribution >= 4 is 17.6 Å². The Bertz CT molecular complexity index is 420. The predicted molar refractivity (Wildman–Crippen MR) is 50.2 cm³/mol. The normalized spacial score (nSPS) is 9.00. The number of hydrogen-bond donors (Lipinski definition) is 2. The van der Waals surface area contributed by atoms with Crippen molar-refractivity contribution in [3.05, 3.63) is 28.5 Å². The molecule has 2 N–H and O–H groups in total. The molecule has 1 aromatic heterocycles. The minimum Gasteiger partial charge on any atom is -0.478 e. The molecule has 0 radical (unpaired) electrons. The maximum absolute atomic E-state index is 10.6. The number of hydrogen-bond acceptors (Lipinski definition) is 3. The summed E-state index contributed by atoms with van der Waals surface area (Å²) in [5.74, 6) is 3.76. The number of pyridine rings is 1. The molecule has 0 aliphatic carbocycles. The topological polar surface area (TPSA) is 70.4 Å². The third-order valence-corrected chi connectivity index (χ3v) is 1.69. The molecule has 5 heteroatoms. The molecule has 0 fully saturated rings. The summed E-state index contributed by atoms with van der Waals surface area (Å²) in [4.78, 5) is 14.2. The first-order valence-electron chi connectivity index (χ1n) is 3.63. The summed E-state index contributed by atoms with van der Waals surface area (Å²) in [5, 5.41) is 17.2. The van der Waals surface area contributed by atoms with E-state index in [9.17, 15) is 4.79 Å². The second kappa shape index (κ2) is 4.61. The van der Waals surface area contributed by atoms with Crippen LogP contribution in [0.3, 0.4) is 0 Å². The van der Waals surface area contributed by atoms with E-state index in [-0.39, 0.29) is 17.3 Å². The van der Waals surface area contributed by atoms with E-state index in [1.807, 2.05) is 0 Å². The van der Waals surface area contributed by atoms with Gasteiger partial charge in [0, 0.05) is 6.20 Å². The zero-order valence-electron chi connectivity index (χ0n) is 6.99. The Kier molecular flexibility index (Phi) is 3.46. The Morgan fingerprint density at radius 1 is 1.64 bits per heavy atom. The first-order chi connectivity index (χ1) is 6.65. The van der Waals surface area contributed by atoms with Crippen molar-refractivity contribution in [2.75, 3.05) is 6.61 Å². The highest BCUT2D eigenvalue weighted by molar-refractivity contribution is 6.30. The van der Waals surface area contributed by atoms with Crippen LogP contribution in [-0.4, -0.2) is 27.8 Å². The van der Waals surface area contributed by atoms with E-state index in [4.69, 9.17) is 21.8 Å². The number of rotatable bonds is 1. The summed E-state index contributed by atoms with van der Waals surface area (Å²) in [5.41, 5.74) is 0.303. The van der Waals surface area contributed by atoms with Crippen molar-refractivity contribution in [2.45, 2.75) is 0 Å². The molecule has 0 aliphatic heterocycles. The lowest BCUT2D eigenvalue weighted by molar-refractivity contribution is 0.0696. The summed E-state index contributed by atoms with van der Waals surface area (Å²) in [6.45, 7) is -0.312. The minimum atomic E-state index is -1.10. The van der Waals surface area contributed by atoms with Gasteiger partial charge in [0.15, 0.2) is 0 Å². The molecule has 0 saturated carbocycles. The van der Waals surface area contributed by atoms with Gasteiger partial charge in [0.25, 0.3) is 0 Å². The van der Waals surface area contributed by atoms with E-state index < -0.39 is 5.97 Å². The van der Waals surface area contributed by atoms with Crippen molar-refractivity contribution in [1.82, 2.24) is 4.98 Å². The van der Waals surface area contributed by atoms with E-state index >= 15 is 0 Å². The van der Waals surface area contributed by atoms with E-state index in [0.717, 1.165) is 6.20 Å². The molecule has 0 atom stereocenters. The van der Waals surface area contributed by atoms with Gasteiger partial charge >= 0.3 is 5.97 Å². The van der Waals surface area contributed by atoms with Gasteiger partial charge in [-0.1, -0.05) is 23.4 Å². The molecule has 4 nitrogen and oxygen atoms in total. The number of nitrogens with zero attached hydrogens (tertiary/aromatic N) is 1. The first-order valence-corrected chi connectivity index (χ1v) is 4.01. The van der Waals surface area contributed by atoms with Crippen LogP contribution >= 0.6 is 11.6 Å². The Morgan fingerprint density at radius 2 is 2.36 bits per heavy atom. The average Bonchev–Trinajstić information content (AvgIpc) is 2.16. The Morgan fingerprint density at radius 3 is 2.93 bits per heavy atom. The third kappa shape index (κ3) is 2.46. The molecule has 0 aliphatic rings. The van der Waals surface area contributed by atoms with Gasteiger partial charge in [-0.2, -0.15) is 0 Å². The number of aromatic nitrogens is 1. The zero-order valence-corrected chi connectivity index (χ0v) is 7.75. The molecule has 1 heterocycles. The lowest BCUT2D eigenvalue weighted by atomic mass is 10.2. The van der Waals surface area contributed by atoms with Gasteiger partial charge in [-0.05, 0) is 6.07 Å². The molecule has 0 unspecified atom stereocenters. The van der Waals surface area contributed by atoms with Crippen molar-refractivity contribution in [3.63, 3.8) is 0 Å². The molecule has 72 valence electrons. The number of carboxylic acids is 1. The summed E-state index contributed by atoms with van der Waals surface area (Å²) in [7, 11) is 0. The third-order valence-electron chi connectivity index (χ3n) is 1.39. The fraction of sp³-hybridized carbons (Fsp3) is 0.111. The summed E-state index contributed by atoms with van der Waals surface area (Å²) >= 11 is 5.65. The quantitative estimate of drug-likeness (QED) is 0.532. The highest BCUT2D eigenvalue weighted by Crippen LogP contribution is 2.12. The van der Waals surface area contributed by atoms with Gasteiger partial charge in [0.1, 0.15) is 11.8 Å². The predicted octanol–water partition coefficient (Wildman–Crippen LogP) is 0.777. The first kappa shape index (κ1) is 10.5. The van der Waals surface area contributed by atoms with Gasteiger partial charge in [-0.15, -0.1) is 0 Å². The lowest BCUT2D eigenvalue weighted by Crippen LogP contribution is -1.98. The fourth-order valence-corrected chi connectivity index (χ4v) is 0.938. The number of carbonyl (C=O) groups is 1. The second-order valence-electron chi connectivity index (χ2n) is 2.33. The van der Waals surface area contributed by atoms with E-state index in [0.29, 0.717) is 5.56 Å². The van der Waals surface area contributed by atoms with Crippen molar-refractivity contribution < 1.29 is 15.0 Å². The monoisotopic (exact) mass is 211 g/mol. The highest BCUT2D eigenvalue weighted by Gasteiger charge is 2.06. The lowest BCUT2D eigenvalue weighted by Gasteiger charge is -1.96. The number of halogens is 1. The van der Waals surface area contributed by atoms with Crippen LogP contribution < -0.4 is 0 Å². The standard InChI is InChI=1S/C9H6ClNO3/c10-8-6(2-1-3-12)4-7(5-11-8)9(13)14/h4-5,12H,3H2,(H,13,14). The van der Waals surface area contributed by atoms with Gasteiger partial charge in [-0.3, -0.25) is 0 Å². The molecule has 1 rings (SSSR count). The van der Waals surface area contributed by atoms with Crippen LogP contribution in [0.2, 0.25) is 5.15 Å². The fourth-order valence-electron chi connectivity index (χ4n) is 0.787. The SMILES string of the molecule is O=C(O)c1cnc(Cl)c(C#CCO)c1. The van der Waals surface area contributed by atoms with E-state index in [2.05, 4.69) is 16.8 Å². The number of aliphatic hydroxyl groups is 1. The number of carboxylic acid groups (broad SMARTS) is 1. The van der Waals surface area contributed by atoms with Crippen molar-refractivity contribution in [2.24, 2.45) is 0 Å². The molecule has 1 aromatic rings. The number of aliphatic hydroxyl groups excluding tert-OH is 1. The van der Waals surface area contributed by atoms with Crippen LogP contribution in [0.1, 0.15) is 15.9 Å². The van der Waals surface area contributed by atoms with Crippen LogP contribution in [0.4, 0.5) is 0 Å². The average molecular weight is 212 g/mol. The maximum atomic E-state index is 10.6. The maximum Gasteiger partial charge on any atom is 0.337 e. The van der Waals surface area contributed by atoms with Crippen LogP contribution in [0.15, 0.2) is 12.3 Å². The smallest absolute Gasteiger partial charge is 0.337 e. The zero-order chi connectivity index (χ0) is 10.6. The van der Waals surface area contributed by atoms with Crippen molar-refractivity contribution in [3.8, 4) is 11.8 Å². The summed E-state index contributed by atoms with van der Waals surface area (Å²) in [6.07, 6.45) is 1.15. The Labute approximate surface area is 85.2 Å². The molecular weight excluding hydrogens is 206 g/mol. The summed E-state index contributed by atoms with van der Waals surface area (Å²) in [6, 6.07) is 1.31. The molecule has 14 heavy (non-hydrogen) atoms. The van der Waals surface area contributed by atoms with Crippen LogP contribution in [-0.2, 0) is 0 Å². The van der Waals surface area contributed by atoms with Crippen molar-refractivity contribution in [1.29, 1.82) is 0 Å². The van der Waals surface area contributed by atoms with E-state index in [1.54, 1.807) is 0 Å².